The highest BCUT2D eigenvalue weighted by Crippen LogP contribution is 2.35. The van der Waals surface area contributed by atoms with Crippen LogP contribution in [-0.4, -0.2) is 48.5 Å². The Morgan fingerprint density at radius 3 is 2.63 bits per heavy atom. The molecule has 2 aromatic rings. The Kier molecular flexibility index (Phi) is 6.76. The van der Waals surface area contributed by atoms with E-state index in [9.17, 15) is 17.6 Å². The zero-order valence-electron chi connectivity index (χ0n) is 16.0. The van der Waals surface area contributed by atoms with Crippen LogP contribution in [0.1, 0.15) is 18.4 Å². The van der Waals surface area contributed by atoms with Crippen LogP contribution in [0.25, 0.3) is 11.1 Å². The summed E-state index contributed by atoms with van der Waals surface area (Å²) in [6, 6.07) is 7.94. The first kappa shape index (κ1) is 21.8. The smallest absolute Gasteiger partial charge is 0.416 e. The van der Waals surface area contributed by atoms with Gasteiger partial charge in [-0.25, -0.2) is 14.2 Å². The van der Waals surface area contributed by atoms with E-state index in [1.807, 2.05) is 6.07 Å². The summed E-state index contributed by atoms with van der Waals surface area (Å²) in [5, 5.41) is 14.0. The number of aliphatic carboxylic acids is 1. The number of aromatic nitrogens is 1. The second kappa shape index (κ2) is 9.29. The molecule has 30 heavy (non-hydrogen) atoms. The van der Waals surface area contributed by atoms with Gasteiger partial charge in [-0.05, 0) is 36.6 Å². The monoisotopic (exact) mass is 426 g/mol. The standard InChI is InChI=1S/C18H19F3N4.C2H3FO2/c19-18(20,21)14-3-1-2-12(8-14)13-9-16-17(23-10-13)24-11-25(16)7-6-22-15-4-5-15;3-1-2(4)5/h1-3,8-10,15,22H,4-7,11H2,(H,23,24);1H2,(H,4,5). The number of pyridine rings is 1. The molecule has 3 N–H and O–H groups in total. The molecule has 0 spiro atoms. The maximum Gasteiger partial charge on any atom is 0.416 e. The van der Waals surface area contributed by atoms with Crippen molar-refractivity contribution in [2.75, 3.05) is 36.6 Å². The van der Waals surface area contributed by atoms with Crippen LogP contribution in [0.2, 0.25) is 0 Å². The van der Waals surface area contributed by atoms with Gasteiger partial charge in [0.1, 0.15) is 0 Å². The van der Waals surface area contributed by atoms with Crippen molar-refractivity contribution in [2.24, 2.45) is 0 Å². The minimum Gasteiger partial charge on any atom is -0.479 e. The van der Waals surface area contributed by atoms with Crippen molar-refractivity contribution < 1.29 is 27.5 Å². The van der Waals surface area contributed by atoms with Crippen LogP contribution in [0.15, 0.2) is 36.5 Å². The summed E-state index contributed by atoms with van der Waals surface area (Å²) in [6.07, 6.45) is -0.234. The summed E-state index contributed by atoms with van der Waals surface area (Å²) in [6.45, 7) is 1.12. The fourth-order valence-electron chi connectivity index (χ4n) is 3.01. The van der Waals surface area contributed by atoms with E-state index in [2.05, 4.69) is 20.5 Å². The van der Waals surface area contributed by atoms with Crippen molar-refractivity contribution in [1.82, 2.24) is 10.3 Å². The second-order valence-electron chi connectivity index (χ2n) is 7.02. The lowest BCUT2D eigenvalue weighted by atomic mass is 10.0. The molecule has 2 heterocycles. The minimum absolute atomic E-state index is 0.521. The maximum atomic E-state index is 12.9. The summed E-state index contributed by atoms with van der Waals surface area (Å²) >= 11 is 0. The highest BCUT2D eigenvalue weighted by atomic mass is 19.4. The average Bonchev–Trinajstić information content (AvgIpc) is 3.46. The van der Waals surface area contributed by atoms with Crippen LogP contribution in [0, 0.1) is 0 Å². The number of rotatable bonds is 6. The Hall–Kier alpha value is -2.88. The fraction of sp³-hybridized carbons (Fsp3) is 0.400. The van der Waals surface area contributed by atoms with E-state index in [0.29, 0.717) is 23.8 Å². The van der Waals surface area contributed by atoms with Gasteiger partial charge >= 0.3 is 12.1 Å². The van der Waals surface area contributed by atoms with Gasteiger partial charge in [0, 0.05) is 30.9 Å². The summed E-state index contributed by atoms with van der Waals surface area (Å²) in [4.78, 5) is 15.5. The third-order valence-corrected chi connectivity index (χ3v) is 4.68. The van der Waals surface area contributed by atoms with Crippen LogP contribution < -0.4 is 15.5 Å². The first-order valence-electron chi connectivity index (χ1n) is 9.45. The summed E-state index contributed by atoms with van der Waals surface area (Å²) < 4.78 is 49.3. The molecule has 10 heteroatoms. The minimum atomic E-state index is -4.35. The molecular formula is C20H22F4N4O2. The predicted molar refractivity (Wildman–Crippen MR) is 105 cm³/mol. The third-order valence-electron chi connectivity index (χ3n) is 4.68. The topological polar surface area (TPSA) is 77.5 Å². The number of anilines is 2. The molecule has 0 atom stereocenters. The lowest BCUT2D eigenvalue weighted by Crippen LogP contribution is -2.32. The van der Waals surface area contributed by atoms with Gasteiger partial charge < -0.3 is 20.6 Å². The highest BCUT2D eigenvalue weighted by molar-refractivity contribution is 5.78. The van der Waals surface area contributed by atoms with Gasteiger partial charge in [-0.2, -0.15) is 13.2 Å². The molecule has 0 bridgehead atoms. The highest BCUT2D eigenvalue weighted by Gasteiger charge is 2.30. The van der Waals surface area contributed by atoms with Crippen LogP contribution in [-0.2, 0) is 11.0 Å². The number of carboxylic acids is 1. The fourth-order valence-corrected chi connectivity index (χ4v) is 3.01. The SMILES string of the molecule is FC(F)(F)c1cccc(-c2cnc3c(c2)N(CCNC2CC2)CN3)c1.O=C(O)CF. The number of hydrogen-bond acceptors (Lipinski definition) is 5. The van der Waals surface area contributed by atoms with Gasteiger partial charge in [-0.3, -0.25) is 0 Å². The number of carboxylic acid groups (broad SMARTS) is 1. The number of nitrogens with one attached hydrogen (secondary N) is 2. The number of alkyl halides is 4. The molecule has 0 saturated heterocycles. The lowest BCUT2D eigenvalue weighted by molar-refractivity contribution is -0.138. The van der Waals surface area contributed by atoms with E-state index in [0.717, 1.165) is 30.7 Å². The largest absolute Gasteiger partial charge is 0.479 e. The Balaban J connectivity index is 0.000000461. The van der Waals surface area contributed by atoms with Gasteiger partial charge in [-0.1, -0.05) is 12.1 Å². The molecule has 1 fully saturated rings. The van der Waals surface area contributed by atoms with E-state index in [-0.39, 0.29) is 0 Å². The summed E-state index contributed by atoms with van der Waals surface area (Å²) in [5.41, 5.74) is 1.50. The third kappa shape index (κ3) is 5.82. The molecule has 1 aliphatic carbocycles. The normalized spacial score (nSPS) is 15.1. The number of halogens is 4. The van der Waals surface area contributed by atoms with Crippen molar-refractivity contribution in [3.05, 3.63) is 42.1 Å². The van der Waals surface area contributed by atoms with Gasteiger partial charge in [0.25, 0.3) is 0 Å². The molecule has 1 aromatic heterocycles. The van der Waals surface area contributed by atoms with Crippen LogP contribution in [0.3, 0.4) is 0 Å². The summed E-state index contributed by atoms with van der Waals surface area (Å²) in [7, 11) is 0. The van der Waals surface area contributed by atoms with Gasteiger partial charge in [0.2, 0.25) is 0 Å². The lowest BCUT2D eigenvalue weighted by Gasteiger charge is -2.18. The molecule has 0 unspecified atom stereocenters. The molecular weight excluding hydrogens is 404 g/mol. The van der Waals surface area contributed by atoms with E-state index in [1.54, 1.807) is 12.3 Å². The number of hydrogen-bond donors (Lipinski definition) is 3. The van der Waals surface area contributed by atoms with Crippen molar-refractivity contribution in [3.63, 3.8) is 0 Å². The second-order valence-corrected chi connectivity index (χ2v) is 7.02. The van der Waals surface area contributed by atoms with Crippen molar-refractivity contribution in [2.45, 2.75) is 25.1 Å². The average molecular weight is 426 g/mol. The Morgan fingerprint density at radius 2 is 2.00 bits per heavy atom. The molecule has 0 amide bonds. The number of nitrogens with zero attached hydrogens (tertiary/aromatic N) is 2. The van der Waals surface area contributed by atoms with Gasteiger partial charge in [0.05, 0.1) is 17.9 Å². The van der Waals surface area contributed by atoms with Crippen molar-refractivity contribution >= 4 is 17.5 Å². The number of fused-ring (bicyclic) bond motifs is 1. The quantitative estimate of drug-likeness (QED) is 0.611. The molecule has 6 nitrogen and oxygen atoms in total. The van der Waals surface area contributed by atoms with E-state index >= 15 is 0 Å². The molecule has 1 aromatic carbocycles. The predicted octanol–water partition coefficient (Wildman–Crippen LogP) is 3.75. The molecule has 4 rings (SSSR count). The Labute approximate surface area is 170 Å². The van der Waals surface area contributed by atoms with Crippen molar-refractivity contribution in [1.29, 1.82) is 0 Å². The van der Waals surface area contributed by atoms with E-state index in [4.69, 9.17) is 9.90 Å². The maximum absolute atomic E-state index is 12.9. The van der Waals surface area contributed by atoms with Crippen LogP contribution >= 0.6 is 0 Å². The molecule has 2 aliphatic rings. The van der Waals surface area contributed by atoms with Gasteiger partial charge in [-0.15, -0.1) is 0 Å². The first-order valence-corrected chi connectivity index (χ1v) is 9.45. The summed E-state index contributed by atoms with van der Waals surface area (Å²) in [5.74, 6) is -0.632. The zero-order valence-corrected chi connectivity index (χ0v) is 16.0. The van der Waals surface area contributed by atoms with E-state index in [1.165, 1.54) is 25.0 Å². The molecule has 162 valence electrons. The Bertz CT molecular complexity index is 887. The van der Waals surface area contributed by atoms with Crippen LogP contribution in [0.4, 0.5) is 29.1 Å². The van der Waals surface area contributed by atoms with E-state index < -0.39 is 24.4 Å². The molecule has 0 radical (unpaired) electrons. The number of carbonyl (C=O) groups is 1. The molecule has 1 saturated carbocycles. The van der Waals surface area contributed by atoms with Crippen molar-refractivity contribution in [3.8, 4) is 11.1 Å². The first-order chi connectivity index (χ1) is 14.3. The van der Waals surface area contributed by atoms with Crippen LogP contribution in [0.5, 0.6) is 0 Å². The number of benzene rings is 1. The molecule has 1 aliphatic heterocycles. The Morgan fingerprint density at radius 1 is 1.27 bits per heavy atom. The van der Waals surface area contributed by atoms with Gasteiger partial charge in [0.15, 0.2) is 12.5 Å². The zero-order chi connectivity index (χ0) is 21.7.